The summed E-state index contributed by atoms with van der Waals surface area (Å²) in [7, 11) is 0. The smallest absolute Gasteiger partial charge is 0.306 e. The van der Waals surface area contributed by atoms with E-state index in [4.69, 9.17) is 14.2 Å². The molecule has 0 heterocycles. The maximum Gasteiger partial charge on any atom is 0.306 e. The molecule has 0 spiro atoms. The van der Waals surface area contributed by atoms with Gasteiger partial charge in [0.05, 0.1) is 13.2 Å². The normalized spacial score (nSPS) is 10.8. The Morgan fingerprint density at radius 2 is 1.75 bits per heavy atom. The highest BCUT2D eigenvalue weighted by atomic mass is 19.1. The van der Waals surface area contributed by atoms with Gasteiger partial charge in [0.15, 0.2) is 17.4 Å². The Morgan fingerprint density at radius 1 is 1.07 bits per heavy atom. The van der Waals surface area contributed by atoms with Crippen LogP contribution in [0.1, 0.15) is 38.3 Å². The molecule has 0 aromatic heterocycles. The Bertz CT molecular complexity index is 767. The molecule has 6 heteroatoms. The molecule has 0 unspecified atom stereocenters. The van der Waals surface area contributed by atoms with Crippen molar-refractivity contribution in [2.24, 2.45) is 5.92 Å². The lowest BCUT2D eigenvalue weighted by molar-refractivity contribution is -0.143. The van der Waals surface area contributed by atoms with Crippen LogP contribution in [0.3, 0.4) is 0 Å². The quantitative estimate of drug-likeness (QED) is 0.529. The molecule has 0 fully saturated rings. The van der Waals surface area contributed by atoms with Gasteiger partial charge in [-0.3, -0.25) is 4.79 Å². The number of hydrogen-bond acceptors (Lipinski definition) is 4. The van der Waals surface area contributed by atoms with Crippen molar-refractivity contribution in [2.45, 2.75) is 40.2 Å². The Labute approximate surface area is 164 Å². The number of benzene rings is 2. The second-order valence-electron chi connectivity index (χ2n) is 6.79. The molecular weight excluding hydrogens is 366 g/mol. The molecule has 0 bridgehead atoms. The van der Waals surface area contributed by atoms with E-state index in [1.165, 1.54) is 12.1 Å². The zero-order valence-corrected chi connectivity index (χ0v) is 16.5. The average Bonchev–Trinajstić information content (AvgIpc) is 2.65. The summed E-state index contributed by atoms with van der Waals surface area (Å²) in [5, 5.41) is 0. The van der Waals surface area contributed by atoms with E-state index in [0.29, 0.717) is 29.4 Å². The van der Waals surface area contributed by atoms with Gasteiger partial charge in [-0.15, -0.1) is 0 Å². The number of para-hydroxylation sites is 1. The molecule has 0 aliphatic rings. The average molecular weight is 392 g/mol. The third-order valence-corrected chi connectivity index (χ3v) is 3.90. The Kier molecular flexibility index (Phi) is 8.23. The lowest BCUT2D eigenvalue weighted by atomic mass is 10.1. The molecule has 0 atom stereocenters. The predicted molar refractivity (Wildman–Crippen MR) is 102 cm³/mol. The van der Waals surface area contributed by atoms with Crippen molar-refractivity contribution in [2.75, 3.05) is 13.2 Å². The maximum atomic E-state index is 14.3. The molecule has 2 aromatic carbocycles. The largest absolute Gasteiger partial charge is 0.493 e. The first-order valence-corrected chi connectivity index (χ1v) is 9.37. The summed E-state index contributed by atoms with van der Waals surface area (Å²) in [6.07, 6.45) is 0.256. The maximum absolute atomic E-state index is 14.3. The van der Waals surface area contributed by atoms with Gasteiger partial charge in [0, 0.05) is 12.0 Å². The van der Waals surface area contributed by atoms with Crippen molar-refractivity contribution < 1.29 is 27.8 Å². The van der Waals surface area contributed by atoms with E-state index >= 15 is 0 Å². The monoisotopic (exact) mass is 392 g/mol. The van der Waals surface area contributed by atoms with Gasteiger partial charge in [-0.2, -0.15) is 0 Å². The Balaban J connectivity index is 2.04. The Hall–Kier alpha value is -2.63. The van der Waals surface area contributed by atoms with Gasteiger partial charge in [-0.05, 0) is 43.0 Å². The first-order valence-electron chi connectivity index (χ1n) is 9.37. The number of carbonyl (C=O) groups excluding carboxylic acids is 1. The van der Waals surface area contributed by atoms with E-state index < -0.39 is 23.4 Å². The minimum Gasteiger partial charge on any atom is -0.493 e. The fourth-order valence-corrected chi connectivity index (χ4v) is 2.54. The molecule has 0 aliphatic carbocycles. The predicted octanol–water partition coefficient (Wildman–Crippen LogP) is 5.07. The van der Waals surface area contributed by atoms with Crippen molar-refractivity contribution >= 4 is 5.97 Å². The number of esters is 1. The third-order valence-electron chi connectivity index (χ3n) is 3.90. The molecule has 0 saturated heterocycles. The third kappa shape index (κ3) is 6.51. The SMILES string of the molecule is CCOC(=O)CCc1cc(F)c(OCc2ccccc2OCC(C)C)c(F)c1. The highest BCUT2D eigenvalue weighted by molar-refractivity contribution is 5.69. The molecule has 152 valence electrons. The zero-order valence-electron chi connectivity index (χ0n) is 16.5. The van der Waals surface area contributed by atoms with Gasteiger partial charge in [0.25, 0.3) is 0 Å². The van der Waals surface area contributed by atoms with E-state index in [1.54, 1.807) is 19.1 Å². The second kappa shape index (κ2) is 10.6. The molecule has 2 aromatic rings. The number of ether oxygens (including phenoxy) is 3. The van der Waals surface area contributed by atoms with Gasteiger partial charge in [-0.1, -0.05) is 32.0 Å². The highest BCUT2D eigenvalue weighted by Crippen LogP contribution is 2.27. The summed E-state index contributed by atoms with van der Waals surface area (Å²) in [5.41, 5.74) is 1.07. The van der Waals surface area contributed by atoms with Crippen LogP contribution in [0.2, 0.25) is 0 Å². The summed E-state index contributed by atoms with van der Waals surface area (Å²) in [5.74, 6) is -1.48. The van der Waals surface area contributed by atoms with Crippen LogP contribution in [0.5, 0.6) is 11.5 Å². The van der Waals surface area contributed by atoms with Crippen LogP contribution in [0.4, 0.5) is 8.78 Å². The summed E-state index contributed by atoms with van der Waals surface area (Å²) in [6, 6.07) is 9.59. The van der Waals surface area contributed by atoms with E-state index in [9.17, 15) is 13.6 Å². The second-order valence-corrected chi connectivity index (χ2v) is 6.79. The number of rotatable bonds is 10. The summed E-state index contributed by atoms with van der Waals surface area (Å²) >= 11 is 0. The Morgan fingerprint density at radius 3 is 2.39 bits per heavy atom. The van der Waals surface area contributed by atoms with Crippen molar-refractivity contribution in [3.63, 3.8) is 0 Å². The minimum atomic E-state index is -0.806. The molecule has 0 amide bonds. The number of halogens is 2. The van der Waals surface area contributed by atoms with Crippen LogP contribution in [-0.4, -0.2) is 19.2 Å². The number of hydrogen-bond donors (Lipinski definition) is 0. The molecule has 4 nitrogen and oxygen atoms in total. The molecular formula is C22H26F2O4. The zero-order chi connectivity index (χ0) is 20.5. The van der Waals surface area contributed by atoms with E-state index in [2.05, 4.69) is 0 Å². The van der Waals surface area contributed by atoms with E-state index in [1.807, 2.05) is 26.0 Å². The van der Waals surface area contributed by atoms with Crippen LogP contribution in [-0.2, 0) is 22.6 Å². The van der Waals surface area contributed by atoms with Crippen molar-refractivity contribution in [3.8, 4) is 11.5 Å². The molecule has 0 N–H and O–H groups in total. The van der Waals surface area contributed by atoms with E-state index in [-0.39, 0.29) is 26.1 Å². The van der Waals surface area contributed by atoms with Crippen LogP contribution >= 0.6 is 0 Å². The van der Waals surface area contributed by atoms with E-state index in [0.717, 1.165) is 0 Å². The van der Waals surface area contributed by atoms with Gasteiger partial charge in [0.2, 0.25) is 0 Å². The lowest BCUT2D eigenvalue weighted by Crippen LogP contribution is -2.08. The fourth-order valence-electron chi connectivity index (χ4n) is 2.54. The van der Waals surface area contributed by atoms with Crippen LogP contribution in [0.25, 0.3) is 0 Å². The molecule has 28 heavy (non-hydrogen) atoms. The van der Waals surface area contributed by atoms with Crippen LogP contribution in [0, 0.1) is 17.6 Å². The number of carbonyl (C=O) groups is 1. The molecule has 0 radical (unpaired) electrons. The van der Waals surface area contributed by atoms with Gasteiger partial charge in [-0.25, -0.2) is 8.78 Å². The molecule has 0 saturated carbocycles. The first kappa shape index (κ1) is 21.7. The summed E-state index contributed by atoms with van der Waals surface area (Å²) in [6.45, 7) is 6.56. The topological polar surface area (TPSA) is 44.8 Å². The van der Waals surface area contributed by atoms with Crippen molar-refractivity contribution in [1.82, 2.24) is 0 Å². The van der Waals surface area contributed by atoms with Gasteiger partial charge in [0.1, 0.15) is 12.4 Å². The van der Waals surface area contributed by atoms with Crippen LogP contribution < -0.4 is 9.47 Å². The van der Waals surface area contributed by atoms with Gasteiger partial charge < -0.3 is 14.2 Å². The van der Waals surface area contributed by atoms with Crippen molar-refractivity contribution in [1.29, 1.82) is 0 Å². The van der Waals surface area contributed by atoms with Crippen LogP contribution in [0.15, 0.2) is 36.4 Å². The standard InChI is InChI=1S/C22H26F2O4/c1-4-26-21(25)10-9-16-11-18(23)22(19(24)12-16)28-14-17-7-5-6-8-20(17)27-13-15(2)3/h5-8,11-12,15H,4,9-10,13-14H2,1-3H3. The molecule has 2 rings (SSSR count). The summed E-state index contributed by atoms with van der Waals surface area (Å²) < 4.78 is 44.6. The summed E-state index contributed by atoms with van der Waals surface area (Å²) in [4.78, 5) is 11.4. The minimum absolute atomic E-state index is 0.0235. The molecule has 0 aliphatic heterocycles. The lowest BCUT2D eigenvalue weighted by Gasteiger charge is -2.15. The highest BCUT2D eigenvalue weighted by Gasteiger charge is 2.15. The van der Waals surface area contributed by atoms with Gasteiger partial charge >= 0.3 is 5.97 Å². The van der Waals surface area contributed by atoms with Crippen molar-refractivity contribution in [3.05, 3.63) is 59.2 Å². The number of aryl methyl sites for hydroxylation is 1. The fraction of sp³-hybridized carbons (Fsp3) is 0.409. The first-order chi connectivity index (χ1) is 13.4.